The van der Waals surface area contributed by atoms with Gasteiger partial charge < -0.3 is 0 Å². The summed E-state index contributed by atoms with van der Waals surface area (Å²) in [7, 11) is 0. The molecule has 0 unspecified atom stereocenters. The van der Waals surface area contributed by atoms with Crippen molar-refractivity contribution in [3.05, 3.63) is 64.8 Å². The maximum atomic E-state index is 12.8. The lowest BCUT2D eigenvalue weighted by atomic mass is 10.0. The van der Waals surface area contributed by atoms with E-state index in [4.69, 9.17) is 23.2 Å². The Morgan fingerprint density at radius 2 is 1.71 bits per heavy atom. The van der Waals surface area contributed by atoms with Gasteiger partial charge in [0.2, 0.25) is 0 Å². The lowest BCUT2D eigenvalue weighted by Crippen LogP contribution is -2.04. The van der Waals surface area contributed by atoms with E-state index in [1.165, 1.54) is 12.1 Å². The molecule has 3 aromatic rings. The fraction of sp³-hybridized carbons (Fsp3) is 0.0588. The molecular weight excluding hydrogens is 362 g/mol. The quantitative estimate of drug-likeness (QED) is 0.522. The number of alkyl halides is 3. The molecule has 3 rings (SSSR count). The van der Waals surface area contributed by atoms with Gasteiger partial charge in [-0.2, -0.15) is 13.2 Å². The minimum Gasteiger partial charge on any atom is -0.274 e. The van der Waals surface area contributed by atoms with E-state index in [0.717, 1.165) is 12.1 Å². The fourth-order valence-corrected chi connectivity index (χ4v) is 2.69. The normalized spacial score (nSPS) is 11.7. The molecule has 0 saturated heterocycles. The average molecular weight is 370 g/mol. The van der Waals surface area contributed by atoms with Crippen molar-refractivity contribution in [2.75, 3.05) is 0 Å². The van der Waals surface area contributed by atoms with Gasteiger partial charge in [-0.1, -0.05) is 29.8 Å². The van der Waals surface area contributed by atoms with Crippen molar-refractivity contribution in [1.82, 2.24) is 4.98 Å². The van der Waals surface area contributed by atoms with Crippen molar-refractivity contribution < 1.29 is 18.0 Å². The topological polar surface area (TPSA) is 30.0 Å². The monoisotopic (exact) mass is 369 g/mol. The molecule has 0 aliphatic heterocycles. The Hall–Kier alpha value is -2.11. The summed E-state index contributed by atoms with van der Waals surface area (Å²) in [5.41, 5.74) is 0.679. The highest BCUT2D eigenvalue weighted by Crippen LogP contribution is 2.34. The van der Waals surface area contributed by atoms with Gasteiger partial charge in [-0.3, -0.25) is 4.79 Å². The van der Waals surface area contributed by atoms with Gasteiger partial charge in [-0.05, 0) is 53.1 Å². The molecule has 2 nitrogen and oxygen atoms in total. The van der Waals surface area contributed by atoms with E-state index in [0.29, 0.717) is 22.0 Å². The van der Waals surface area contributed by atoms with Crippen LogP contribution in [0.1, 0.15) is 16.1 Å². The number of carbonyl (C=O) groups excluding carboxylic acids is 1. The highest BCUT2D eigenvalue weighted by atomic mass is 35.5. The number of nitrogens with zero attached hydrogens (tertiary/aromatic N) is 1. The van der Waals surface area contributed by atoms with Crippen LogP contribution >= 0.6 is 23.2 Å². The predicted molar refractivity (Wildman–Crippen MR) is 87.4 cm³/mol. The van der Waals surface area contributed by atoms with Crippen molar-refractivity contribution in [3.8, 4) is 11.1 Å². The Labute approximate surface area is 144 Å². The molecule has 0 bridgehead atoms. The standard InChI is InChI=1S/C17H8Cl2F3NO/c18-13-8-15(16(19)24)23-14-5-4-10(7-12(13)14)9-2-1-3-11(6-9)17(20,21)22/h1-8H. The highest BCUT2D eigenvalue weighted by molar-refractivity contribution is 6.67. The first kappa shape index (κ1) is 16.7. The van der Waals surface area contributed by atoms with Gasteiger partial charge in [0.1, 0.15) is 5.69 Å². The predicted octanol–water partition coefficient (Wildman–Crippen LogP) is 5.95. The minimum absolute atomic E-state index is 0.0148. The molecule has 0 amide bonds. The Balaban J connectivity index is 2.14. The van der Waals surface area contributed by atoms with Gasteiger partial charge in [0.25, 0.3) is 5.24 Å². The summed E-state index contributed by atoms with van der Waals surface area (Å²) in [6.07, 6.45) is -4.42. The number of hydrogen-bond acceptors (Lipinski definition) is 2. The molecule has 0 saturated carbocycles. The Kier molecular flexibility index (Phi) is 4.24. The van der Waals surface area contributed by atoms with E-state index in [9.17, 15) is 18.0 Å². The largest absolute Gasteiger partial charge is 0.416 e. The van der Waals surface area contributed by atoms with Crippen LogP contribution in [-0.4, -0.2) is 10.2 Å². The smallest absolute Gasteiger partial charge is 0.274 e. The molecule has 0 atom stereocenters. The SMILES string of the molecule is O=C(Cl)c1cc(Cl)c2cc(-c3cccc(C(F)(F)F)c3)ccc2n1. The highest BCUT2D eigenvalue weighted by Gasteiger charge is 2.30. The molecule has 0 N–H and O–H groups in total. The van der Waals surface area contributed by atoms with E-state index in [1.807, 2.05) is 0 Å². The lowest BCUT2D eigenvalue weighted by Gasteiger charge is -2.10. The van der Waals surface area contributed by atoms with E-state index in [-0.39, 0.29) is 10.7 Å². The van der Waals surface area contributed by atoms with Crippen molar-refractivity contribution in [2.24, 2.45) is 0 Å². The molecule has 0 radical (unpaired) electrons. The van der Waals surface area contributed by atoms with Crippen LogP contribution < -0.4 is 0 Å². The summed E-state index contributed by atoms with van der Waals surface area (Å²) in [5, 5.41) is 0.0341. The molecular formula is C17H8Cl2F3NO. The van der Waals surface area contributed by atoms with Crippen LogP contribution in [0.15, 0.2) is 48.5 Å². The van der Waals surface area contributed by atoms with Crippen LogP contribution in [0.3, 0.4) is 0 Å². The van der Waals surface area contributed by atoms with Crippen LogP contribution in [-0.2, 0) is 6.18 Å². The molecule has 24 heavy (non-hydrogen) atoms. The van der Waals surface area contributed by atoms with Gasteiger partial charge in [0.15, 0.2) is 0 Å². The second-order valence-electron chi connectivity index (χ2n) is 5.07. The van der Waals surface area contributed by atoms with E-state index >= 15 is 0 Å². The van der Waals surface area contributed by atoms with Gasteiger partial charge in [-0.15, -0.1) is 0 Å². The Bertz CT molecular complexity index is 954. The number of fused-ring (bicyclic) bond motifs is 1. The molecule has 7 heteroatoms. The number of hydrogen-bond donors (Lipinski definition) is 0. The first-order valence-corrected chi connectivity index (χ1v) is 7.49. The van der Waals surface area contributed by atoms with E-state index in [1.54, 1.807) is 24.3 Å². The Morgan fingerprint density at radius 1 is 1.00 bits per heavy atom. The minimum atomic E-state index is -4.42. The second-order valence-corrected chi connectivity index (χ2v) is 5.82. The summed E-state index contributed by atoms with van der Waals surface area (Å²) in [5.74, 6) is 0. The van der Waals surface area contributed by atoms with Crippen LogP contribution in [0.25, 0.3) is 22.0 Å². The summed E-state index contributed by atoms with van der Waals surface area (Å²) >= 11 is 11.5. The fourth-order valence-electron chi connectivity index (χ4n) is 2.34. The zero-order valence-electron chi connectivity index (χ0n) is 11.9. The van der Waals surface area contributed by atoms with Crippen molar-refractivity contribution >= 4 is 39.3 Å². The molecule has 2 aromatic carbocycles. The van der Waals surface area contributed by atoms with Crippen LogP contribution in [0.4, 0.5) is 13.2 Å². The molecule has 1 heterocycles. The molecule has 122 valence electrons. The number of benzene rings is 2. The van der Waals surface area contributed by atoms with Crippen LogP contribution in [0, 0.1) is 0 Å². The number of rotatable bonds is 2. The van der Waals surface area contributed by atoms with Gasteiger partial charge >= 0.3 is 6.18 Å². The maximum absolute atomic E-state index is 12.8. The molecule has 0 aliphatic carbocycles. The van der Waals surface area contributed by atoms with Crippen molar-refractivity contribution in [3.63, 3.8) is 0 Å². The summed E-state index contributed by atoms with van der Waals surface area (Å²) in [4.78, 5) is 15.3. The Morgan fingerprint density at radius 3 is 2.38 bits per heavy atom. The molecule has 1 aromatic heterocycles. The molecule has 0 spiro atoms. The molecule has 0 aliphatic rings. The van der Waals surface area contributed by atoms with Gasteiger partial charge in [-0.25, -0.2) is 4.98 Å². The van der Waals surface area contributed by atoms with Crippen molar-refractivity contribution in [2.45, 2.75) is 6.18 Å². The summed E-state index contributed by atoms with van der Waals surface area (Å²) < 4.78 is 38.5. The average Bonchev–Trinajstić information content (AvgIpc) is 2.53. The third-order valence-electron chi connectivity index (χ3n) is 3.48. The first-order chi connectivity index (χ1) is 11.3. The summed E-state index contributed by atoms with van der Waals surface area (Å²) in [6.45, 7) is 0. The number of halogens is 5. The summed E-state index contributed by atoms with van der Waals surface area (Å²) in [6, 6.07) is 11.2. The van der Waals surface area contributed by atoms with Crippen LogP contribution in [0.5, 0.6) is 0 Å². The van der Waals surface area contributed by atoms with Crippen LogP contribution in [0.2, 0.25) is 5.02 Å². The number of carbonyl (C=O) groups is 1. The number of aromatic nitrogens is 1. The number of pyridine rings is 1. The van der Waals surface area contributed by atoms with Gasteiger partial charge in [0, 0.05) is 5.39 Å². The lowest BCUT2D eigenvalue weighted by molar-refractivity contribution is -0.137. The zero-order valence-corrected chi connectivity index (χ0v) is 13.4. The van der Waals surface area contributed by atoms with Crippen molar-refractivity contribution in [1.29, 1.82) is 0 Å². The molecule has 0 fully saturated rings. The first-order valence-electron chi connectivity index (χ1n) is 6.73. The maximum Gasteiger partial charge on any atom is 0.416 e. The third kappa shape index (κ3) is 3.23. The van der Waals surface area contributed by atoms with E-state index in [2.05, 4.69) is 4.98 Å². The zero-order chi connectivity index (χ0) is 17.5. The third-order valence-corrected chi connectivity index (χ3v) is 3.99. The van der Waals surface area contributed by atoms with Gasteiger partial charge in [0.05, 0.1) is 16.1 Å². The second kappa shape index (κ2) is 6.07. The van der Waals surface area contributed by atoms with E-state index < -0.39 is 17.0 Å².